The number of hydrogen-bond donors (Lipinski definition) is 0. The summed E-state index contributed by atoms with van der Waals surface area (Å²) in [5.74, 6) is 0. The predicted octanol–water partition coefficient (Wildman–Crippen LogP) is 13.8. The molecule has 0 aliphatic rings. The third-order valence-corrected chi connectivity index (χ3v) is 12.9. The Bertz CT molecular complexity index is 3160. The minimum Gasteiger partial charge on any atom is -0.309 e. The molecular weight excluding hydrogens is 645 g/mol. The first-order chi connectivity index (χ1) is 24.8. The van der Waals surface area contributed by atoms with E-state index in [1.54, 1.807) is 0 Å². The van der Waals surface area contributed by atoms with Gasteiger partial charge in [-0.1, -0.05) is 84.9 Å². The molecule has 0 saturated heterocycles. The highest BCUT2D eigenvalue weighted by atomic mass is 32.1. The highest BCUT2D eigenvalue weighted by Gasteiger charge is 2.20. The number of hydrogen-bond acceptors (Lipinski definition) is 2. The quantitative estimate of drug-likeness (QED) is 0.173. The van der Waals surface area contributed by atoms with E-state index in [1.807, 2.05) is 22.7 Å². The number of nitrogens with zero attached hydrogens (tertiary/aromatic N) is 2. The largest absolute Gasteiger partial charge is 0.309 e. The van der Waals surface area contributed by atoms with Crippen molar-refractivity contribution in [1.29, 1.82) is 0 Å². The van der Waals surface area contributed by atoms with Gasteiger partial charge in [0.25, 0.3) is 0 Å². The second-order valence-electron chi connectivity index (χ2n) is 13.3. The summed E-state index contributed by atoms with van der Waals surface area (Å²) in [4.78, 5) is 0. The van der Waals surface area contributed by atoms with Crippen molar-refractivity contribution in [2.45, 2.75) is 0 Å². The summed E-state index contributed by atoms with van der Waals surface area (Å²) in [6.07, 6.45) is 0. The average molecular weight is 671 g/mol. The van der Waals surface area contributed by atoms with Gasteiger partial charge in [0.2, 0.25) is 0 Å². The third-order valence-electron chi connectivity index (χ3n) is 10.7. The lowest BCUT2D eigenvalue weighted by atomic mass is 10.1. The van der Waals surface area contributed by atoms with Crippen LogP contribution in [0.1, 0.15) is 0 Å². The Labute approximate surface area is 294 Å². The van der Waals surface area contributed by atoms with Crippen LogP contribution in [0.3, 0.4) is 0 Å². The van der Waals surface area contributed by atoms with Crippen LogP contribution in [-0.4, -0.2) is 9.13 Å². The van der Waals surface area contributed by atoms with Gasteiger partial charge in [-0.25, -0.2) is 0 Å². The van der Waals surface area contributed by atoms with Crippen molar-refractivity contribution in [3.63, 3.8) is 0 Å². The topological polar surface area (TPSA) is 9.86 Å². The number of rotatable bonds is 2. The van der Waals surface area contributed by atoms with E-state index in [0.717, 1.165) is 0 Å². The molecular formula is C46H26N2S2. The second kappa shape index (κ2) is 9.82. The fraction of sp³-hybridized carbons (Fsp3) is 0. The Morgan fingerprint density at radius 3 is 1.20 bits per heavy atom. The Morgan fingerprint density at radius 2 is 0.720 bits per heavy atom. The molecule has 0 amide bonds. The molecule has 0 spiro atoms. The molecule has 12 rings (SSSR count). The average Bonchev–Trinajstić information content (AvgIpc) is 3.91. The maximum atomic E-state index is 2.45. The van der Waals surface area contributed by atoms with E-state index in [2.05, 4.69) is 167 Å². The fourth-order valence-electron chi connectivity index (χ4n) is 8.60. The third kappa shape index (κ3) is 3.51. The molecule has 0 bridgehead atoms. The summed E-state index contributed by atoms with van der Waals surface area (Å²) in [6.45, 7) is 0. The summed E-state index contributed by atoms with van der Waals surface area (Å²) in [6, 6.07) is 58.5. The van der Waals surface area contributed by atoms with Gasteiger partial charge in [-0.3, -0.25) is 0 Å². The van der Waals surface area contributed by atoms with E-state index in [1.165, 1.54) is 106 Å². The van der Waals surface area contributed by atoms with Crippen molar-refractivity contribution in [3.05, 3.63) is 158 Å². The molecule has 0 saturated carbocycles. The molecule has 0 N–H and O–H groups in total. The summed E-state index contributed by atoms with van der Waals surface area (Å²) < 4.78 is 10.3. The first-order valence-electron chi connectivity index (χ1n) is 17.0. The van der Waals surface area contributed by atoms with Crippen LogP contribution in [0, 0.1) is 0 Å². The van der Waals surface area contributed by atoms with Crippen LogP contribution in [0.15, 0.2) is 158 Å². The zero-order chi connectivity index (χ0) is 32.5. The van der Waals surface area contributed by atoms with Crippen molar-refractivity contribution < 1.29 is 0 Å². The molecule has 0 aliphatic heterocycles. The number of aromatic nitrogens is 2. The predicted molar refractivity (Wildman–Crippen MR) is 218 cm³/mol. The molecule has 4 heteroatoms. The maximum absolute atomic E-state index is 2.45. The normalized spacial score (nSPS) is 12.4. The smallest absolute Gasteiger partial charge is 0.0548 e. The van der Waals surface area contributed by atoms with Crippen molar-refractivity contribution in [2.75, 3.05) is 0 Å². The van der Waals surface area contributed by atoms with Crippen LogP contribution in [0.5, 0.6) is 0 Å². The van der Waals surface area contributed by atoms with Gasteiger partial charge in [-0.15, -0.1) is 22.7 Å². The number of thiophene rings is 2. The molecule has 4 heterocycles. The lowest BCUT2D eigenvalue weighted by Gasteiger charge is -2.12. The van der Waals surface area contributed by atoms with Crippen LogP contribution < -0.4 is 0 Å². The molecule has 2 nitrogen and oxygen atoms in total. The van der Waals surface area contributed by atoms with Crippen molar-refractivity contribution in [2.24, 2.45) is 0 Å². The van der Waals surface area contributed by atoms with Gasteiger partial charge in [-0.2, -0.15) is 0 Å². The first kappa shape index (κ1) is 26.9. The van der Waals surface area contributed by atoms with Crippen LogP contribution in [0.2, 0.25) is 0 Å². The van der Waals surface area contributed by atoms with Gasteiger partial charge in [-0.05, 0) is 83.6 Å². The van der Waals surface area contributed by atoms with E-state index in [0.29, 0.717) is 0 Å². The zero-order valence-electron chi connectivity index (χ0n) is 26.7. The fourth-order valence-corrected chi connectivity index (χ4v) is 10.8. The molecule has 0 fully saturated rings. The maximum Gasteiger partial charge on any atom is 0.0548 e. The van der Waals surface area contributed by atoms with E-state index in [-0.39, 0.29) is 0 Å². The minimum absolute atomic E-state index is 1.18. The molecule has 232 valence electrons. The van der Waals surface area contributed by atoms with Gasteiger partial charge in [0.1, 0.15) is 0 Å². The molecule has 0 atom stereocenters. The van der Waals surface area contributed by atoms with Gasteiger partial charge in [0.05, 0.1) is 22.1 Å². The monoisotopic (exact) mass is 670 g/mol. The Kier molecular flexibility index (Phi) is 5.29. The molecule has 12 aromatic rings. The Morgan fingerprint density at radius 1 is 0.300 bits per heavy atom. The first-order valence-corrected chi connectivity index (χ1v) is 18.6. The summed E-state index contributed by atoms with van der Waals surface area (Å²) in [5.41, 5.74) is 7.32. The molecule has 0 radical (unpaired) electrons. The number of fused-ring (bicyclic) bond motifs is 15. The summed E-state index contributed by atoms with van der Waals surface area (Å²) in [7, 11) is 0. The summed E-state index contributed by atoms with van der Waals surface area (Å²) >= 11 is 3.77. The molecule has 4 aromatic heterocycles. The molecule has 0 aliphatic carbocycles. The second-order valence-corrected chi connectivity index (χ2v) is 15.5. The lowest BCUT2D eigenvalue weighted by Crippen LogP contribution is -1.95. The van der Waals surface area contributed by atoms with Gasteiger partial charge >= 0.3 is 0 Å². The number of para-hydroxylation sites is 2. The van der Waals surface area contributed by atoms with Crippen LogP contribution in [-0.2, 0) is 0 Å². The molecule has 8 aromatic carbocycles. The summed E-state index contributed by atoms with van der Waals surface area (Å²) in [5, 5.41) is 13.1. The minimum atomic E-state index is 1.18. The standard InChI is InChI=1S/C46H26N2S2/c1-5-13-35-31(9-1)43-37(21-23-41-45(43)33-11-3-7-15-39(33)49-41)47(35)29-19-17-28-26-30(20-18-27(28)25-29)48-36-14-6-2-10-32(36)44-38(48)22-24-42-46(44)34-12-4-8-16-40(34)50-42/h1-26H. The zero-order valence-corrected chi connectivity index (χ0v) is 28.4. The molecule has 50 heavy (non-hydrogen) atoms. The van der Waals surface area contributed by atoms with Crippen molar-refractivity contribution in [1.82, 2.24) is 9.13 Å². The van der Waals surface area contributed by atoms with E-state index in [9.17, 15) is 0 Å². The van der Waals surface area contributed by atoms with Crippen LogP contribution in [0.25, 0.3) is 106 Å². The van der Waals surface area contributed by atoms with Gasteiger partial charge in [0, 0.05) is 73.3 Å². The Hall–Kier alpha value is -5.94. The lowest BCUT2D eigenvalue weighted by molar-refractivity contribution is 1.18. The highest BCUT2D eigenvalue weighted by Crippen LogP contribution is 2.45. The molecule has 0 unspecified atom stereocenters. The van der Waals surface area contributed by atoms with Crippen molar-refractivity contribution >= 4 is 117 Å². The van der Waals surface area contributed by atoms with Gasteiger partial charge in [0.15, 0.2) is 0 Å². The van der Waals surface area contributed by atoms with E-state index < -0.39 is 0 Å². The van der Waals surface area contributed by atoms with E-state index >= 15 is 0 Å². The highest BCUT2D eigenvalue weighted by molar-refractivity contribution is 7.26. The van der Waals surface area contributed by atoms with Crippen LogP contribution in [0.4, 0.5) is 0 Å². The number of benzene rings is 8. The van der Waals surface area contributed by atoms with Crippen molar-refractivity contribution in [3.8, 4) is 11.4 Å². The van der Waals surface area contributed by atoms with Gasteiger partial charge < -0.3 is 9.13 Å². The SMILES string of the molecule is c1ccc2c(c1)sc1ccc3c(c4ccccc4n3-c3ccc4cc(-n5c6ccccc6c6c7c(ccc65)sc5ccccc57)ccc4c3)c12. The Balaban J connectivity index is 1.08. The van der Waals surface area contributed by atoms with E-state index in [4.69, 9.17) is 0 Å². The van der Waals surface area contributed by atoms with Crippen LogP contribution >= 0.6 is 22.7 Å².